The second kappa shape index (κ2) is 4.07. The highest BCUT2D eigenvalue weighted by molar-refractivity contribution is 5.85. The normalized spacial score (nSPS) is 16.8. The highest BCUT2D eigenvalue weighted by atomic mass is 35.5. The van der Waals surface area contributed by atoms with Crippen molar-refractivity contribution in [2.45, 2.75) is 25.7 Å². The Morgan fingerprint density at radius 2 is 2.15 bits per heavy atom. The molecule has 0 radical (unpaired) electrons. The lowest BCUT2D eigenvalue weighted by Crippen LogP contribution is -2.40. The molecule has 1 N–H and O–H groups in total. The predicted molar refractivity (Wildman–Crippen MR) is 51.2 cm³/mol. The summed E-state index contributed by atoms with van der Waals surface area (Å²) in [5.41, 5.74) is 0. The van der Waals surface area contributed by atoms with Crippen molar-refractivity contribution in [3.8, 4) is 0 Å². The number of aromatic nitrogens is 2. The Labute approximate surface area is 83.5 Å². The van der Waals surface area contributed by atoms with Crippen LogP contribution in [0.15, 0.2) is 4.52 Å². The van der Waals surface area contributed by atoms with Gasteiger partial charge in [0.2, 0.25) is 5.89 Å². The number of nitrogens with zero attached hydrogens (tertiary/aromatic N) is 2. The first-order valence-electron chi connectivity index (χ1n) is 4.31. The van der Waals surface area contributed by atoms with Gasteiger partial charge in [-0.25, -0.2) is 0 Å². The molecule has 1 aliphatic rings. The molecule has 2 rings (SSSR count). The lowest BCUT2D eigenvalue weighted by atomic mass is 10.0. The molecule has 0 unspecified atom stereocenters. The van der Waals surface area contributed by atoms with E-state index in [1.807, 2.05) is 0 Å². The van der Waals surface area contributed by atoms with E-state index < -0.39 is 0 Å². The van der Waals surface area contributed by atoms with Gasteiger partial charge in [-0.2, -0.15) is 4.98 Å². The van der Waals surface area contributed by atoms with Gasteiger partial charge in [0.15, 0.2) is 5.82 Å². The lowest BCUT2D eigenvalue weighted by molar-refractivity contribution is 0.305. The van der Waals surface area contributed by atoms with Crippen LogP contribution in [-0.4, -0.2) is 23.2 Å². The Hall–Kier alpha value is -0.610. The summed E-state index contributed by atoms with van der Waals surface area (Å²) in [7, 11) is 0. The first-order chi connectivity index (χ1) is 5.77. The second-order valence-electron chi connectivity index (χ2n) is 3.50. The maximum atomic E-state index is 5.13. The van der Waals surface area contributed by atoms with Crippen molar-refractivity contribution in [3.63, 3.8) is 0 Å². The molecule has 0 saturated carbocycles. The molecule has 0 bridgehead atoms. The molecule has 1 fully saturated rings. The van der Waals surface area contributed by atoms with Gasteiger partial charge in [0.25, 0.3) is 0 Å². The number of rotatable bonds is 2. The number of hydrogen-bond acceptors (Lipinski definition) is 4. The van der Waals surface area contributed by atoms with Crippen LogP contribution in [0.5, 0.6) is 0 Å². The molecule has 1 aliphatic heterocycles. The second-order valence-corrected chi connectivity index (χ2v) is 3.50. The summed E-state index contributed by atoms with van der Waals surface area (Å²) in [6, 6.07) is 0. The SMILES string of the molecule is CC(C)c1noc(C2CNC2)n1.Cl. The summed E-state index contributed by atoms with van der Waals surface area (Å²) in [5.74, 6) is 2.41. The maximum Gasteiger partial charge on any atom is 0.232 e. The zero-order valence-corrected chi connectivity index (χ0v) is 8.60. The fourth-order valence-corrected chi connectivity index (χ4v) is 1.11. The van der Waals surface area contributed by atoms with Crippen LogP contribution in [-0.2, 0) is 0 Å². The van der Waals surface area contributed by atoms with Crippen molar-refractivity contribution >= 4 is 12.4 Å². The minimum atomic E-state index is 0. The lowest BCUT2D eigenvalue weighted by Gasteiger charge is -2.22. The highest BCUT2D eigenvalue weighted by Crippen LogP contribution is 2.19. The van der Waals surface area contributed by atoms with Crippen LogP contribution in [0.2, 0.25) is 0 Å². The van der Waals surface area contributed by atoms with Crippen LogP contribution in [0.4, 0.5) is 0 Å². The molecule has 13 heavy (non-hydrogen) atoms. The number of halogens is 1. The average Bonchev–Trinajstić information content (AvgIpc) is 2.32. The minimum Gasteiger partial charge on any atom is -0.339 e. The van der Waals surface area contributed by atoms with Gasteiger partial charge in [-0.05, 0) is 0 Å². The molecule has 0 spiro atoms. The first kappa shape index (κ1) is 10.5. The molecule has 74 valence electrons. The molecule has 0 aliphatic carbocycles. The van der Waals surface area contributed by atoms with Crippen molar-refractivity contribution in [3.05, 3.63) is 11.7 Å². The predicted octanol–water partition coefficient (Wildman–Crippen LogP) is 1.30. The Bertz CT molecular complexity index is 270. The summed E-state index contributed by atoms with van der Waals surface area (Å²) in [6.45, 7) is 6.07. The third-order valence-electron chi connectivity index (χ3n) is 2.10. The molecular weight excluding hydrogens is 190 g/mol. The van der Waals surface area contributed by atoms with E-state index in [2.05, 4.69) is 29.3 Å². The van der Waals surface area contributed by atoms with Gasteiger partial charge in [0.1, 0.15) is 0 Å². The van der Waals surface area contributed by atoms with Crippen LogP contribution < -0.4 is 5.32 Å². The molecule has 0 atom stereocenters. The maximum absolute atomic E-state index is 5.13. The van der Waals surface area contributed by atoms with Crippen molar-refractivity contribution in [2.24, 2.45) is 0 Å². The van der Waals surface area contributed by atoms with Crippen molar-refractivity contribution in [1.82, 2.24) is 15.5 Å². The smallest absolute Gasteiger partial charge is 0.232 e. The van der Waals surface area contributed by atoms with E-state index in [1.165, 1.54) is 0 Å². The van der Waals surface area contributed by atoms with Crippen molar-refractivity contribution in [2.75, 3.05) is 13.1 Å². The van der Waals surface area contributed by atoms with Gasteiger partial charge in [0, 0.05) is 19.0 Å². The monoisotopic (exact) mass is 203 g/mol. The summed E-state index contributed by atoms with van der Waals surface area (Å²) < 4.78 is 5.13. The molecular formula is C8H14ClN3O. The average molecular weight is 204 g/mol. The van der Waals surface area contributed by atoms with Crippen molar-refractivity contribution < 1.29 is 4.52 Å². The molecule has 0 aromatic carbocycles. The molecule has 2 heterocycles. The Morgan fingerprint density at radius 1 is 1.46 bits per heavy atom. The molecule has 1 aromatic heterocycles. The Balaban J connectivity index is 0.000000845. The van der Waals surface area contributed by atoms with Gasteiger partial charge in [-0.1, -0.05) is 19.0 Å². The zero-order chi connectivity index (χ0) is 8.55. The largest absolute Gasteiger partial charge is 0.339 e. The fraction of sp³-hybridized carbons (Fsp3) is 0.750. The van der Waals surface area contributed by atoms with Gasteiger partial charge < -0.3 is 9.84 Å². The fourth-order valence-electron chi connectivity index (χ4n) is 1.11. The summed E-state index contributed by atoms with van der Waals surface area (Å²) in [4.78, 5) is 4.31. The third-order valence-corrected chi connectivity index (χ3v) is 2.10. The van der Waals surface area contributed by atoms with E-state index in [0.717, 1.165) is 24.8 Å². The molecule has 5 heteroatoms. The van der Waals surface area contributed by atoms with E-state index in [-0.39, 0.29) is 12.4 Å². The summed E-state index contributed by atoms with van der Waals surface area (Å²) in [5, 5.41) is 7.08. The quantitative estimate of drug-likeness (QED) is 0.788. The summed E-state index contributed by atoms with van der Waals surface area (Å²) in [6.07, 6.45) is 0. The number of nitrogens with one attached hydrogen (secondary N) is 1. The van der Waals surface area contributed by atoms with Crippen molar-refractivity contribution in [1.29, 1.82) is 0 Å². The van der Waals surface area contributed by atoms with E-state index in [9.17, 15) is 0 Å². The highest BCUT2D eigenvalue weighted by Gasteiger charge is 2.25. The van der Waals surface area contributed by atoms with Gasteiger partial charge in [-0.15, -0.1) is 12.4 Å². The number of hydrogen-bond donors (Lipinski definition) is 1. The van der Waals surface area contributed by atoms with Crippen LogP contribution in [0, 0.1) is 0 Å². The zero-order valence-electron chi connectivity index (χ0n) is 7.78. The van der Waals surface area contributed by atoms with Crippen LogP contribution >= 0.6 is 12.4 Å². The Morgan fingerprint density at radius 3 is 2.54 bits per heavy atom. The van der Waals surface area contributed by atoms with Crippen LogP contribution in [0.3, 0.4) is 0 Å². The van der Waals surface area contributed by atoms with E-state index >= 15 is 0 Å². The third kappa shape index (κ3) is 2.00. The van der Waals surface area contributed by atoms with Gasteiger partial charge in [-0.3, -0.25) is 0 Å². The standard InChI is InChI=1S/C8H13N3O.ClH/c1-5(2)7-10-8(12-11-7)6-3-9-4-6;/h5-6,9H,3-4H2,1-2H3;1H. The molecule has 4 nitrogen and oxygen atoms in total. The van der Waals surface area contributed by atoms with Gasteiger partial charge in [0.05, 0.1) is 5.92 Å². The Kier molecular flexibility index (Phi) is 3.27. The van der Waals surface area contributed by atoms with Crippen LogP contribution in [0.1, 0.15) is 37.4 Å². The van der Waals surface area contributed by atoms with Crippen LogP contribution in [0.25, 0.3) is 0 Å². The molecule has 1 saturated heterocycles. The topological polar surface area (TPSA) is 51.0 Å². The van der Waals surface area contributed by atoms with Gasteiger partial charge >= 0.3 is 0 Å². The minimum absolute atomic E-state index is 0. The molecule has 0 amide bonds. The van der Waals surface area contributed by atoms with E-state index in [4.69, 9.17) is 4.52 Å². The molecule has 1 aromatic rings. The van der Waals surface area contributed by atoms with E-state index in [0.29, 0.717) is 11.8 Å². The van der Waals surface area contributed by atoms with E-state index in [1.54, 1.807) is 0 Å². The first-order valence-corrected chi connectivity index (χ1v) is 4.31. The summed E-state index contributed by atoms with van der Waals surface area (Å²) >= 11 is 0.